The Morgan fingerprint density at radius 2 is 1.81 bits per heavy atom. The van der Waals surface area contributed by atoms with Gasteiger partial charge in [-0.05, 0) is 34.9 Å². The van der Waals surface area contributed by atoms with Crippen LogP contribution in [0.4, 0.5) is 0 Å². The van der Waals surface area contributed by atoms with Crippen molar-refractivity contribution in [3.05, 3.63) is 83.7 Å². The quantitative estimate of drug-likeness (QED) is 0.465. The number of carbonyl (C=O) groups is 1. The molecule has 136 valence electrons. The van der Waals surface area contributed by atoms with E-state index in [9.17, 15) is 4.79 Å². The first-order valence-corrected chi connectivity index (χ1v) is 8.38. The van der Waals surface area contributed by atoms with E-state index in [0.717, 1.165) is 22.4 Å². The maximum Gasteiger partial charge on any atom is 0.253 e. The minimum Gasteiger partial charge on any atom is -0.497 e. The lowest BCUT2D eigenvalue weighted by molar-refractivity contribution is 0.0951. The molecular formula is C21H20N4O2. The fourth-order valence-corrected chi connectivity index (χ4v) is 2.68. The molecule has 3 rings (SSSR count). The molecule has 1 heterocycles. The van der Waals surface area contributed by atoms with Gasteiger partial charge in [0.2, 0.25) is 0 Å². The van der Waals surface area contributed by atoms with Crippen LogP contribution in [0, 0.1) is 5.41 Å². The van der Waals surface area contributed by atoms with E-state index in [4.69, 9.17) is 15.9 Å². The highest BCUT2D eigenvalue weighted by Crippen LogP contribution is 2.25. The van der Waals surface area contributed by atoms with Gasteiger partial charge in [0.25, 0.3) is 5.91 Å². The molecule has 6 nitrogen and oxygen atoms in total. The average Bonchev–Trinajstić information content (AvgIpc) is 2.72. The molecule has 0 aliphatic heterocycles. The number of hydrogen-bond acceptors (Lipinski definition) is 4. The first-order valence-electron chi connectivity index (χ1n) is 8.38. The number of nitrogens with one attached hydrogen (secondary N) is 2. The molecule has 1 amide bonds. The molecule has 0 fully saturated rings. The summed E-state index contributed by atoms with van der Waals surface area (Å²) in [7, 11) is 1.61. The molecule has 0 radical (unpaired) electrons. The number of nitrogens with two attached hydrogens (primary N) is 1. The number of methoxy groups -OCH3 is 1. The van der Waals surface area contributed by atoms with E-state index in [1.165, 1.54) is 0 Å². The number of nitrogens with zero attached hydrogens (tertiary/aromatic N) is 1. The highest BCUT2D eigenvalue weighted by Gasteiger charge is 2.13. The van der Waals surface area contributed by atoms with Crippen LogP contribution in [0.3, 0.4) is 0 Å². The van der Waals surface area contributed by atoms with Crippen molar-refractivity contribution in [1.29, 1.82) is 5.41 Å². The van der Waals surface area contributed by atoms with Crippen molar-refractivity contribution in [2.45, 2.75) is 6.54 Å². The number of carbonyl (C=O) groups excluding carboxylic acids is 1. The van der Waals surface area contributed by atoms with Gasteiger partial charge in [-0.1, -0.05) is 36.4 Å². The van der Waals surface area contributed by atoms with Gasteiger partial charge in [0.1, 0.15) is 11.6 Å². The van der Waals surface area contributed by atoms with Gasteiger partial charge in [-0.2, -0.15) is 0 Å². The molecule has 0 unspecified atom stereocenters. The van der Waals surface area contributed by atoms with Gasteiger partial charge >= 0.3 is 0 Å². The predicted octanol–water partition coefficient (Wildman–Crippen LogP) is 2.97. The minimum atomic E-state index is -0.204. The zero-order valence-electron chi connectivity index (χ0n) is 14.9. The fraction of sp³-hybridized carbons (Fsp3) is 0.0952. The van der Waals surface area contributed by atoms with Crippen molar-refractivity contribution >= 4 is 11.7 Å². The maximum absolute atomic E-state index is 12.7. The summed E-state index contributed by atoms with van der Waals surface area (Å²) in [6, 6.07) is 16.5. The molecule has 1 aromatic heterocycles. The minimum absolute atomic E-state index is 0.0186. The Bertz CT molecular complexity index is 951. The Morgan fingerprint density at radius 1 is 1.11 bits per heavy atom. The van der Waals surface area contributed by atoms with Crippen LogP contribution in [0.2, 0.25) is 0 Å². The molecule has 6 heteroatoms. The lowest BCUT2D eigenvalue weighted by Crippen LogP contribution is -2.23. The summed E-state index contributed by atoms with van der Waals surface area (Å²) in [5.74, 6) is 0.572. The normalized spacial score (nSPS) is 10.3. The summed E-state index contributed by atoms with van der Waals surface area (Å²) in [5, 5.41) is 10.3. The van der Waals surface area contributed by atoms with Gasteiger partial charge in [-0.3, -0.25) is 15.2 Å². The highest BCUT2D eigenvalue weighted by molar-refractivity contribution is 6.00. The highest BCUT2D eigenvalue weighted by atomic mass is 16.5. The van der Waals surface area contributed by atoms with Crippen molar-refractivity contribution in [2.24, 2.45) is 5.73 Å². The second-order valence-corrected chi connectivity index (χ2v) is 5.94. The first-order chi connectivity index (χ1) is 13.1. The van der Waals surface area contributed by atoms with Crippen molar-refractivity contribution in [2.75, 3.05) is 7.11 Å². The van der Waals surface area contributed by atoms with Crippen molar-refractivity contribution < 1.29 is 9.53 Å². The van der Waals surface area contributed by atoms with Gasteiger partial charge < -0.3 is 15.8 Å². The number of nitrogen functional groups attached to an aromatic ring is 1. The van der Waals surface area contributed by atoms with Crippen LogP contribution in [0.25, 0.3) is 11.1 Å². The Kier molecular flexibility index (Phi) is 5.47. The molecule has 27 heavy (non-hydrogen) atoms. The standard InChI is InChI=1S/C21H20N4O2/c1-27-17-8-6-15(7-9-17)18-10-11-24-13-19(18)21(26)25-12-14-2-4-16(5-3-14)20(22)23/h2-11,13H,12H2,1H3,(H3,22,23)(H,25,26). The molecule has 4 N–H and O–H groups in total. The SMILES string of the molecule is COc1ccc(-c2ccncc2C(=O)NCc2ccc(C(=N)N)cc2)cc1. The predicted molar refractivity (Wildman–Crippen MR) is 105 cm³/mol. The van der Waals surface area contributed by atoms with Crippen LogP contribution < -0.4 is 15.8 Å². The van der Waals surface area contributed by atoms with Crippen LogP contribution in [-0.4, -0.2) is 23.8 Å². The number of amides is 1. The van der Waals surface area contributed by atoms with Gasteiger partial charge in [-0.15, -0.1) is 0 Å². The fourth-order valence-electron chi connectivity index (χ4n) is 2.68. The number of amidine groups is 1. The number of ether oxygens (including phenoxy) is 1. The van der Waals surface area contributed by atoms with Gasteiger partial charge in [0.05, 0.1) is 12.7 Å². The van der Waals surface area contributed by atoms with E-state index in [1.807, 2.05) is 42.5 Å². The lowest BCUT2D eigenvalue weighted by Gasteiger charge is -2.11. The molecule has 0 aliphatic carbocycles. The van der Waals surface area contributed by atoms with Crippen molar-refractivity contribution in [3.8, 4) is 16.9 Å². The number of aromatic nitrogens is 1. The second-order valence-electron chi connectivity index (χ2n) is 5.94. The summed E-state index contributed by atoms with van der Waals surface area (Å²) in [4.78, 5) is 16.8. The summed E-state index contributed by atoms with van der Waals surface area (Å²) < 4.78 is 5.18. The Balaban J connectivity index is 1.75. The molecule has 0 spiro atoms. The lowest BCUT2D eigenvalue weighted by atomic mass is 10.0. The van der Waals surface area contributed by atoms with Crippen LogP contribution in [-0.2, 0) is 6.54 Å². The van der Waals surface area contributed by atoms with E-state index in [-0.39, 0.29) is 11.7 Å². The third-order valence-electron chi connectivity index (χ3n) is 4.18. The first kappa shape index (κ1) is 18.1. The molecule has 3 aromatic rings. The van der Waals surface area contributed by atoms with Crippen molar-refractivity contribution in [1.82, 2.24) is 10.3 Å². The number of benzene rings is 2. The average molecular weight is 360 g/mol. The largest absolute Gasteiger partial charge is 0.497 e. The van der Waals surface area contributed by atoms with Crippen LogP contribution in [0.15, 0.2) is 67.0 Å². The summed E-state index contributed by atoms with van der Waals surface area (Å²) >= 11 is 0. The van der Waals surface area contributed by atoms with Crippen LogP contribution in [0.5, 0.6) is 5.75 Å². The summed E-state index contributed by atoms with van der Waals surface area (Å²) in [6.45, 7) is 0.369. The van der Waals surface area contributed by atoms with E-state index in [1.54, 1.807) is 31.6 Å². The Morgan fingerprint density at radius 3 is 2.44 bits per heavy atom. The smallest absolute Gasteiger partial charge is 0.253 e. The molecule has 0 bridgehead atoms. The van der Waals surface area contributed by atoms with E-state index >= 15 is 0 Å². The van der Waals surface area contributed by atoms with Crippen LogP contribution in [0.1, 0.15) is 21.5 Å². The van der Waals surface area contributed by atoms with Crippen molar-refractivity contribution in [3.63, 3.8) is 0 Å². The maximum atomic E-state index is 12.7. The van der Waals surface area contributed by atoms with Gasteiger partial charge in [-0.25, -0.2) is 0 Å². The van der Waals surface area contributed by atoms with Gasteiger partial charge in [0, 0.05) is 24.5 Å². The Labute approximate surface area is 157 Å². The van der Waals surface area contributed by atoms with E-state index < -0.39 is 0 Å². The third-order valence-corrected chi connectivity index (χ3v) is 4.18. The van der Waals surface area contributed by atoms with E-state index in [0.29, 0.717) is 17.7 Å². The third kappa shape index (κ3) is 4.30. The molecular weight excluding hydrogens is 340 g/mol. The van der Waals surface area contributed by atoms with Crippen LogP contribution >= 0.6 is 0 Å². The molecule has 2 aromatic carbocycles. The summed E-state index contributed by atoms with van der Waals surface area (Å²) in [6.07, 6.45) is 3.23. The molecule has 0 saturated carbocycles. The molecule has 0 atom stereocenters. The summed E-state index contributed by atoms with van der Waals surface area (Å²) in [5.41, 5.74) is 9.24. The molecule has 0 saturated heterocycles. The zero-order chi connectivity index (χ0) is 19.2. The Hall–Kier alpha value is -3.67. The number of hydrogen-bond donors (Lipinski definition) is 3. The number of pyridine rings is 1. The van der Waals surface area contributed by atoms with Gasteiger partial charge in [0.15, 0.2) is 0 Å². The zero-order valence-corrected chi connectivity index (χ0v) is 14.9. The molecule has 0 aliphatic rings. The monoisotopic (exact) mass is 360 g/mol. The van der Waals surface area contributed by atoms with E-state index in [2.05, 4.69) is 10.3 Å². The number of rotatable bonds is 6. The topological polar surface area (TPSA) is 101 Å². The second kappa shape index (κ2) is 8.14.